The highest BCUT2D eigenvalue weighted by Gasteiger charge is 2.65. The van der Waals surface area contributed by atoms with E-state index in [1.54, 1.807) is 12.1 Å². The van der Waals surface area contributed by atoms with Gasteiger partial charge in [0, 0.05) is 14.1 Å². The Kier molecular flexibility index (Phi) is 4.80. The number of aliphatic hydroxyl groups excluding tert-OH is 3. The molecule has 0 aromatic heterocycles. The average Bonchev–Trinajstić information content (AvgIpc) is 2.81. The standard InChI is InChI=1S/C16H20N2O5S2/c1-17-13(22)16(9-21)18(2)14(23)15(17,8-20)24-12(25-16)11-5-3-10(7-19)4-6-11/h3-6,12,19-21H,7-9H2,1-2H3/t15-,16-/m0/s1. The van der Waals surface area contributed by atoms with Crippen LogP contribution >= 0.6 is 23.5 Å². The third-order valence-corrected chi connectivity index (χ3v) is 8.31. The van der Waals surface area contributed by atoms with Crippen LogP contribution in [0, 0.1) is 0 Å². The van der Waals surface area contributed by atoms with Crippen LogP contribution in [-0.2, 0) is 16.2 Å². The number of carbonyl (C=O) groups is 2. The van der Waals surface area contributed by atoms with Gasteiger partial charge in [0.05, 0.1) is 24.4 Å². The summed E-state index contributed by atoms with van der Waals surface area (Å²) in [4.78, 5) is 25.6. The van der Waals surface area contributed by atoms with E-state index in [-0.39, 0.29) is 11.2 Å². The van der Waals surface area contributed by atoms with E-state index in [9.17, 15) is 24.9 Å². The first-order valence-corrected chi connectivity index (χ1v) is 9.46. The van der Waals surface area contributed by atoms with E-state index in [2.05, 4.69) is 0 Å². The Balaban J connectivity index is 2.12. The minimum absolute atomic E-state index is 0.0746. The Labute approximate surface area is 154 Å². The first-order chi connectivity index (χ1) is 11.9. The highest BCUT2D eigenvalue weighted by molar-refractivity contribution is 8.18. The van der Waals surface area contributed by atoms with Gasteiger partial charge in [-0.2, -0.15) is 0 Å². The van der Waals surface area contributed by atoms with Crippen molar-refractivity contribution in [3.8, 4) is 0 Å². The minimum Gasteiger partial charge on any atom is -0.392 e. The van der Waals surface area contributed by atoms with E-state index < -0.39 is 34.8 Å². The van der Waals surface area contributed by atoms with E-state index >= 15 is 0 Å². The van der Waals surface area contributed by atoms with Gasteiger partial charge in [-0.3, -0.25) is 9.59 Å². The maximum absolute atomic E-state index is 13.0. The van der Waals surface area contributed by atoms with Crippen molar-refractivity contribution in [3.05, 3.63) is 35.4 Å². The van der Waals surface area contributed by atoms with Gasteiger partial charge < -0.3 is 25.1 Å². The maximum atomic E-state index is 13.0. The Morgan fingerprint density at radius 1 is 0.920 bits per heavy atom. The van der Waals surface area contributed by atoms with Crippen molar-refractivity contribution in [1.82, 2.24) is 9.80 Å². The minimum atomic E-state index is -1.42. The topological polar surface area (TPSA) is 101 Å². The molecule has 0 unspecified atom stereocenters. The SMILES string of the molecule is CN1C(=O)[C@]2(CO)SC(c3ccc(CO)cc3)S[C@@]1(CO)C(=O)N2C. The molecule has 3 saturated heterocycles. The molecule has 2 atom stereocenters. The Morgan fingerprint density at radius 2 is 1.36 bits per heavy atom. The zero-order valence-electron chi connectivity index (χ0n) is 13.9. The predicted molar refractivity (Wildman–Crippen MR) is 95.5 cm³/mol. The summed E-state index contributed by atoms with van der Waals surface area (Å²) in [5.74, 6) is -0.809. The molecule has 1 aromatic rings. The Bertz CT molecular complexity index is 664. The maximum Gasteiger partial charge on any atom is 0.262 e. The second kappa shape index (κ2) is 6.48. The molecule has 25 heavy (non-hydrogen) atoms. The van der Waals surface area contributed by atoms with Gasteiger partial charge in [0.2, 0.25) is 0 Å². The van der Waals surface area contributed by atoms with E-state index in [1.165, 1.54) is 47.4 Å². The van der Waals surface area contributed by atoms with Crippen LogP contribution in [0.5, 0.6) is 0 Å². The quantitative estimate of drug-likeness (QED) is 0.670. The molecule has 3 fully saturated rings. The lowest BCUT2D eigenvalue weighted by atomic mass is 10.1. The van der Waals surface area contributed by atoms with E-state index in [1.807, 2.05) is 12.1 Å². The van der Waals surface area contributed by atoms with Crippen LogP contribution in [-0.4, -0.2) is 74.0 Å². The van der Waals surface area contributed by atoms with Crippen LogP contribution in [0.2, 0.25) is 0 Å². The number of fused-ring (bicyclic) bond motifs is 4. The smallest absolute Gasteiger partial charge is 0.262 e. The molecule has 7 nitrogen and oxygen atoms in total. The molecule has 2 bridgehead atoms. The summed E-state index contributed by atoms with van der Waals surface area (Å²) in [7, 11) is 2.97. The third kappa shape index (κ3) is 2.48. The molecule has 9 heteroatoms. The summed E-state index contributed by atoms with van der Waals surface area (Å²) in [6.45, 7) is -1.11. The van der Waals surface area contributed by atoms with Crippen LogP contribution in [0.15, 0.2) is 24.3 Å². The number of nitrogens with zero attached hydrogens (tertiary/aromatic N) is 2. The Morgan fingerprint density at radius 3 is 1.72 bits per heavy atom. The molecule has 3 aliphatic rings. The molecule has 2 amide bonds. The van der Waals surface area contributed by atoms with Gasteiger partial charge in [-0.25, -0.2) is 0 Å². The summed E-state index contributed by atoms with van der Waals surface area (Å²) < 4.78 is -0.352. The molecular formula is C16H20N2O5S2. The van der Waals surface area contributed by atoms with E-state index in [0.717, 1.165) is 11.1 Å². The molecule has 0 spiro atoms. The fraction of sp³-hybridized carbons (Fsp3) is 0.500. The normalized spacial score (nSPS) is 32.3. The zero-order chi connectivity index (χ0) is 18.4. The van der Waals surface area contributed by atoms with Crippen molar-refractivity contribution in [2.75, 3.05) is 27.3 Å². The lowest BCUT2D eigenvalue weighted by Gasteiger charge is -2.50. The van der Waals surface area contributed by atoms with Gasteiger partial charge in [-0.1, -0.05) is 24.3 Å². The molecule has 1 aromatic carbocycles. The number of hydrogen-bond acceptors (Lipinski definition) is 7. The predicted octanol–water partition coefficient (Wildman–Crippen LogP) is -0.0349. The second-order valence-corrected chi connectivity index (χ2v) is 9.14. The number of rotatable bonds is 4. The van der Waals surface area contributed by atoms with Crippen molar-refractivity contribution in [2.45, 2.75) is 20.9 Å². The largest absolute Gasteiger partial charge is 0.392 e. The molecule has 3 heterocycles. The van der Waals surface area contributed by atoms with Crippen molar-refractivity contribution >= 4 is 35.3 Å². The molecule has 3 N–H and O–H groups in total. The summed E-state index contributed by atoms with van der Waals surface area (Å²) in [5, 5.41) is 29.2. The molecular weight excluding hydrogens is 364 g/mol. The van der Waals surface area contributed by atoms with Crippen molar-refractivity contribution < 1.29 is 24.9 Å². The Hall–Kier alpha value is -1.26. The molecule has 4 rings (SSSR count). The van der Waals surface area contributed by atoms with Crippen LogP contribution < -0.4 is 0 Å². The van der Waals surface area contributed by atoms with Crippen LogP contribution in [0.3, 0.4) is 0 Å². The molecule has 0 radical (unpaired) electrons. The lowest BCUT2D eigenvalue weighted by molar-refractivity contribution is -0.166. The summed E-state index contributed by atoms with van der Waals surface area (Å²) in [6, 6.07) is 7.20. The van der Waals surface area contributed by atoms with E-state index in [0.29, 0.717) is 0 Å². The van der Waals surface area contributed by atoms with Gasteiger partial charge in [-0.05, 0) is 11.1 Å². The summed E-state index contributed by atoms with van der Waals surface area (Å²) in [6.07, 6.45) is 0. The third-order valence-electron chi connectivity index (χ3n) is 4.83. The number of hydrogen-bond donors (Lipinski definition) is 3. The van der Waals surface area contributed by atoms with Gasteiger partial charge >= 0.3 is 0 Å². The van der Waals surface area contributed by atoms with Gasteiger partial charge in [0.25, 0.3) is 11.8 Å². The highest BCUT2D eigenvalue weighted by Crippen LogP contribution is 2.59. The highest BCUT2D eigenvalue weighted by atomic mass is 32.2. The number of aliphatic hydroxyl groups is 3. The van der Waals surface area contributed by atoms with Gasteiger partial charge in [-0.15, -0.1) is 23.5 Å². The molecule has 3 aliphatic heterocycles. The van der Waals surface area contributed by atoms with Crippen molar-refractivity contribution in [1.29, 1.82) is 0 Å². The number of benzene rings is 1. The second-order valence-electron chi connectivity index (χ2n) is 6.08. The van der Waals surface area contributed by atoms with Crippen LogP contribution in [0.25, 0.3) is 0 Å². The van der Waals surface area contributed by atoms with Crippen LogP contribution in [0.1, 0.15) is 15.7 Å². The number of amides is 2. The van der Waals surface area contributed by atoms with Crippen LogP contribution in [0.4, 0.5) is 0 Å². The zero-order valence-corrected chi connectivity index (χ0v) is 15.5. The number of likely N-dealkylation sites (N-methyl/N-ethyl adjacent to an activating group) is 2. The number of carbonyl (C=O) groups excluding carboxylic acids is 2. The van der Waals surface area contributed by atoms with Crippen molar-refractivity contribution in [3.63, 3.8) is 0 Å². The number of piperazine rings is 1. The first-order valence-electron chi connectivity index (χ1n) is 7.70. The van der Waals surface area contributed by atoms with Crippen molar-refractivity contribution in [2.24, 2.45) is 0 Å². The fourth-order valence-corrected chi connectivity index (χ4v) is 6.66. The summed E-state index contributed by atoms with van der Waals surface area (Å²) >= 11 is 2.40. The average molecular weight is 384 g/mol. The molecule has 0 aliphatic carbocycles. The lowest BCUT2D eigenvalue weighted by Crippen LogP contribution is -2.73. The summed E-state index contributed by atoms with van der Waals surface area (Å²) in [5.41, 5.74) is 1.60. The molecule has 0 saturated carbocycles. The molecule has 136 valence electrons. The fourth-order valence-electron chi connectivity index (χ4n) is 3.11. The number of thioether (sulfide) groups is 2. The van der Waals surface area contributed by atoms with Gasteiger partial charge in [0.1, 0.15) is 0 Å². The first kappa shape index (κ1) is 18.5. The monoisotopic (exact) mass is 384 g/mol. The van der Waals surface area contributed by atoms with Gasteiger partial charge in [0.15, 0.2) is 9.74 Å². The van der Waals surface area contributed by atoms with E-state index in [4.69, 9.17) is 0 Å².